The maximum atomic E-state index is 12.0. The second kappa shape index (κ2) is 4.68. The van der Waals surface area contributed by atoms with Crippen LogP contribution in [0.2, 0.25) is 0 Å². The van der Waals surface area contributed by atoms with E-state index in [9.17, 15) is 9.90 Å². The number of aliphatic hydroxyl groups excluding tert-OH is 1. The van der Waals surface area contributed by atoms with Gasteiger partial charge in [-0.05, 0) is 12.1 Å². The Morgan fingerprint density at radius 1 is 1.40 bits per heavy atom. The molecule has 1 N–H and O–H groups in total. The standard InChI is InChI=1S/C11H13NO2S/c13-10-8-12(6-7-15-10)11(14)9-4-2-1-3-5-9/h1-5,10,13H,6-8H2. The predicted octanol–water partition coefficient (Wildman–Crippen LogP) is 1.19. The molecule has 1 saturated heterocycles. The Hall–Kier alpha value is -1.00. The smallest absolute Gasteiger partial charge is 0.253 e. The van der Waals surface area contributed by atoms with Crippen LogP contribution in [0, 0.1) is 0 Å². The number of carbonyl (C=O) groups excluding carboxylic acids is 1. The highest BCUT2D eigenvalue weighted by Gasteiger charge is 2.22. The first-order valence-corrected chi connectivity index (χ1v) is 5.96. The number of amides is 1. The molecule has 3 nitrogen and oxygen atoms in total. The summed E-state index contributed by atoms with van der Waals surface area (Å²) in [5, 5.41) is 9.44. The van der Waals surface area contributed by atoms with Gasteiger partial charge in [-0.15, -0.1) is 11.8 Å². The van der Waals surface area contributed by atoms with Crippen molar-refractivity contribution in [2.75, 3.05) is 18.8 Å². The maximum absolute atomic E-state index is 12.0. The molecule has 0 radical (unpaired) electrons. The van der Waals surface area contributed by atoms with Crippen LogP contribution >= 0.6 is 11.8 Å². The van der Waals surface area contributed by atoms with Crippen LogP contribution in [0.5, 0.6) is 0 Å². The van der Waals surface area contributed by atoms with Crippen molar-refractivity contribution in [3.63, 3.8) is 0 Å². The molecular weight excluding hydrogens is 210 g/mol. The van der Waals surface area contributed by atoms with Crippen molar-refractivity contribution in [3.8, 4) is 0 Å². The number of hydrogen-bond acceptors (Lipinski definition) is 3. The number of hydrogen-bond donors (Lipinski definition) is 1. The third kappa shape index (κ3) is 2.52. The second-order valence-corrected chi connectivity index (χ2v) is 4.73. The van der Waals surface area contributed by atoms with Gasteiger partial charge in [0.25, 0.3) is 5.91 Å². The largest absolute Gasteiger partial charge is 0.381 e. The molecule has 0 bridgehead atoms. The van der Waals surface area contributed by atoms with Gasteiger partial charge in [0.05, 0.1) is 6.54 Å². The molecule has 0 aliphatic carbocycles. The van der Waals surface area contributed by atoms with Gasteiger partial charge in [-0.1, -0.05) is 18.2 Å². The second-order valence-electron chi connectivity index (χ2n) is 3.44. The minimum absolute atomic E-state index is 0.00921. The quantitative estimate of drug-likeness (QED) is 0.777. The molecule has 15 heavy (non-hydrogen) atoms. The van der Waals surface area contributed by atoms with Gasteiger partial charge >= 0.3 is 0 Å². The summed E-state index contributed by atoms with van der Waals surface area (Å²) in [5.74, 6) is 0.815. The van der Waals surface area contributed by atoms with Crippen molar-refractivity contribution in [1.29, 1.82) is 0 Å². The molecule has 80 valence electrons. The molecule has 0 spiro atoms. The summed E-state index contributed by atoms with van der Waals surface area (Å²) < 4.78 is 0. The molecule has 2 rings (SSSR count). The van der Waals surface area contributed by atoms with E-state index >= 15 is 0 Å². The van der Waals surface area contributed by atoms with E-state index in [0.717, 1.165) is 12.3 Å². The minimum Gasteiger partial charge on any atom is -0.381 e. The van der Waals surface area contributed by atoms with Crippen molar-refractivity contribution >= 4 is 17.7 Å². The Morgan fingerprint density at radius 2 is 2.13 bits per heavy atom. The molecule has 1 amide bonds. The fourth-order valence-corrected chi connectivity index (χ4v) is 2.46. The van der Waals surface area contributed by atoms with Crippen molar-refractivity contribution in [3.05, 3.63) is 35.9 Å². The SMILES string of the molecule is O=C(c1ccccc1)N1CCSC(O)C1. The Labute approximate surface area is 93.1 Å². The molecule has 1 aliphatic heterocycles. The predicted molar refractivity (Wildman–Crippen MR) is 60.8 cm³/mol. The van der Waals surface area contributed by atoms with E-state index in [-0.39, 0.29) is 5.91 Å². The number of rotatable bonds is 1. The normalized spacial score (nSPS) is 21.4. The first-order valence-electron chi connectivity index (χ1n) is 4.91. The number of thioether (sulfide) groups is 1. The highest BCUT2D eigenvalue weighted by Crippen LogP contribution is 2.17. The monoisotopic (exact) mass is 223 g/mol. The lowest BCUT2D eigenvalue weighted by Gasteiger charge is -2.29. The number of benzene rings is 1. The van der Waals surface area contributed by atoms with Crippen LogP contribution < -0.4 is 0 Å². The van der Waals surface area contributed by atoms with E-state index in [2.05, 4.69) is 0 Å². The fraction of sp³-hybridized carbons (Fsp3) is 0.364. The molecule has 1 fully saturated rings. The zero-order valence-corrected chi connectivity index (χ0v) is 9.11. The van der Waals surface area contributed by atoms with Gasteiger partial charge in [0.15, 0.2) is 0 Å². The third-order valence-electron chi connectivity index (χ3n) is 2.36. The van der Waals surface area contributed by atoms with Crippen molar-refractivity contribution < 1.29 is 9.90 Å². The third-order valence-corrected chi connectivity index (χ3v) is 3.31. The van der Waals surface area contributed by atoms with E-state index in [1.807, 2.05) is 18.2 Å². The van der Waals surface area contributed by atoms with Gasteiger partial charge in [0.1, 0.15) is 5.44 Å². The summed E-state index contributed by atoms with van der Waals surface area (Å²) in [6.45, 7) is 1.15. The Balaban J connectivity index is 2.08. The van der Waals surface area contributed by atoms with Gasteiger partial charge in [-0.2, -0.15) is 0 Å². The van der Waals surface area contributed by atoms with E-state index in [1.54, 1.807) is 17.0 Å². The van der Waals surface area contributed by atoms with Crippen molar-refractivity contribution in [2.45, 2.75) is 5.44 Å². The highest BCUT2D eigenvalue weighted by atomic mass is 32.2. The minimum atomic E-state index is -0.439. The zero-order valence-electron chi connectivity index (χ0n) is 8.30. The first kappa shape index (κ1) is 10.5. The van der Waals surface area contributed by atoms with Gasteiger partial charge in [-0.3, -0.25) is 4.79 Å². The van der Waals surface area contributed by atoms with Gasteiger partial charge in [0.2, 0.25) is 0 Å². The zero-order chi connectivity index (χ0) is 10.7. The van der Waals surface area contributed by atoms with Crippen molar-refractivity contribution in [2.24, 2.45) is 0 Å². The molecule has 1 atom stereocenters. The summed E-state index contributed by atoms with van der Waals surface area (Å²) in [4.78, 5) is 13.7. The molecule has 0 aromatic heterocycles. The lowest BCUT2D eigenvalue weighted by atomic mass is 10.2. The van der Waals surface area contributed by atoms with Crippen LogP contribution in [0.4, 0.5) is 0 Å². The molecule has 1 unspecified atom stereocenters. The molecule has 0 saturated carbocycles. The Morgan fingerprint density at radius 3 is 2.80 bits per heavy atom. The lowest BCUT2D eigenvalue weighted by molar-refractivity contribution is 0.0704. The number of carbonyl (C=O) groups is 1. The molecule has 4 heteroatoms. The van der Waals surface area contributed by atoms with E-state index in [4.69, 9.17) is 0 Å². The van der Waals surface area contributed by atoms with Crippen LogP contribution in [-0.4, -0.2) is 40.2 Å². The molecule has 1 heterocycles. The summed E-state index contributed by atoms with van der Waals surface area (Å²) in [6, 6.07) is 9.19. The average Bonchev–Trinajstić information content (AvgIpc) is 2.29. The lowest BCUT2D eigenvalue weighted by Crippen LogP contribution is -2.41. The van der Waals surface area contributed by atoms with E-state index in [0.29, 0.717) is 12.1 Å². The fourth-order valence-electron chi connectivity index (χ4n) is 1.58. The maximum Gasteiger partial charge on any atom is 0.253 e. The topological polar surface area (TPSA) is 40.5 Å². The molecular formula is C11H13NO2S. The number of aliphatic hydroxyl groups is 1. The molecule has 1 aromatic carbocycles. The van der Waals surface area contributed by atoms with Crippen molar-refractivity contribution in [1.82, 2.24) is 4.90 Å². The van der Waals surface area contributed by atoms with Crippen LogP contribution in [0.15, 0.2) is 30.3 Å². The Bertz CT molecular complexity index is 342. The van der Waals surface area contributed by atoms with Crippen LogP contribution in [0.3, 0.4) is 0 Å². The number of nitrogens with zero attached hydrogens (tertiary/aromatic N) is 1. The Kier molecular flexibility index (Phi) is 3.28. The van der Waals surface area contributed by atoms with Crippen LogP contribution in [0.1, 0.15) is 10.4 Å². The van der Waals surface area contributed by atoms with Crippen LogP contribution in [0.25, 0.3) is 0 Å². The summed E-state index contributed by atoms with van der Waals surface area (Å²) >= 11 is 1.50. The van der Waals surface area contributed by atoms with Crippen LogP contribution in [-0.2, 0) is 0 Å². The van der Waals surface area contributed by atoms with E-state index in [1.165, 1.54) is 11.8 Å². The summed E-state index contributed by atoms with van der Waals surface area (Å²) in [5.41, 5.74) is 0.253. The van der Waals surface area contributed by atoms with Gasteiger partial charge in [0, 0.05) is 17.9 Å². The summed E-state index contributed by atoms with van der Waals surface area (Å²) in [7, 11) is 0. The number of β-amino-alcohol motifs (C(OH)–C–C–N with tert-alkyl or cyclic N) is 1. The van der Waals surface area contributed by atoms with E-state index < -0.39 is 5.44 Å². The van der Waals surface area contributed by atoms with Gasteiger partial charge < -0.3 is 10.0 Å². The van der Waals surface area contributed by atoms with Gasteiger partial charge in [-0.25, -0.2) is 0 Å². The summed E-state index contributed by atoms with van der Waals surface area (Å²) in [6.07, 6.45) is 0. The molecule has 1 aromatic rings. The molecule has 1 aliphatic rings. The first-order chi connectivity index (χ1) is 7.27. The highest BCUT2D eigenvalue weighted by molar-refractivity contribution is 7.99. The average molecular weight is 223 g/mol.